The van der Waals surface area contributed by atoms with E-state index in [1.54, 1.807) is 4.90 Å². The van der Waals surface area contributed by atoms with Crippen LogP contribution in [0.25, 0.3) is 0 Å². The third-order valence-electron chi connectivity index (χ3n) is 2.43. The molecule has 0 aliphatic carbocycles. The molecule has 0 atom stereocenters. The standard InChI is InChI=1S/C10H25N3O4/c1-12(5-3-11)6-7-13(8-10(16)17)4-2-9(14)15/h9-10,14-17H,2-8,11H2,1H3. The second kappa shape index (κ2) is 9.72. The Morgan fingerprint density at radius 2 is 1.59 bits per heavy atom. The first-order chi connectivity index (χ1) is 7.95. The van der Waals surface area contributed by atoms with E-state index < -0.39 is 12.6 Å². The van der Waals surface area contributed by atoms with Crippen LogP contribution in [0.2, 0.25) is 0 Å². The fraction of sp³-hybridized carbons (Fsp3) is 1.00. The lowest BCUT2D eigenvalue weighted by molar-refractivity contribution is -0.0758. The molecule has 104 valence electrons. The fourth-order valence-corrected chi connectivity index (χ4v) is 1.47. The lowest BCUT2D eigenvalue weighted by Crippen LogP contribution is -2.40. The lowest BCUT2D eigenvalue weighted by Gasteiger charge is -2.26. The Kier molecular flexibility index (Phi) is 9.56. The Morgan fingerprint density at radius 3 is 2.06 bits per heavy atom. The second-order valence-corrected chi connectivity index (χ2v) is 4.14. The van der Waals surface area contributed by atoms with E-state index in [4.69, 9.17) is 26.2 Å². The van der Waals surface area contributed by atoms with Crippen LogP contribution in [0.1, 0.15) is 6.42 Å². The summed E-state index contributed by atoms with van der Waals surface area (Å²) in [5.74, 6) is 0. The van der Waals surface area contributed by atoms with E-state index >= 15 is 0 Å². The molecule has 0 amide bonds. The van der Waals surface area contributed by atoms with E-state index in [9.17, 15) is 0 Å². The number of rotatable bonds is 10. The predicted octanol–water partition coefficient (Wildman–Crippen LogP) is -2.81. The molecule has 0 saturated carbocycles. The van der Waals surface area contributed by atoms with Crippen molar-refractivity contribution in [3.05, 3.63) is 0 Å². The predicted molar refractivity (Wildman–Crippen MR) is 64.1 cm³/mol. The first kappa shape index (κ1) is 16.7. The van der Waals surface area contributed by atoms with Crippen LogP contribution in [0.4, 0.5) is 0 Å². The number of hydrogen-bond acceptors (Lipinski definition) is 7. The number of aliphatic hydroxyl groups is 4. The van der Waals surface area contributed by atoms with Gasteiger partial charge in [0.05, 0.1) is 0 Å². The van der Waals surface area contributed by atoms with Crippen LogP contribution in [0.15, 0.2) is 0 Å². The van der Waals surface area contributed by atoms with Crippen molar-refractivity contribution in [2.45, 2.75) is 19.0 Å². The minimum absolute atomic E-state index is 0.100. The summed E-state index contributed by atoms with van der Waals surface area (Å²) >= 11 is 0. The van der Waals surface area contributed by atoms with Gasteiger partial charge in [-0.1, -0.05) is 0 Å². The zero-order valence-corrected chi connectivity index (χ0v) is 10.4. The van der Waals surface area contributed by atoms with E-state index in [1.807, 2.05) is 11.9 Å². The third kappa shape index (κ3) is 10.6. The molecule has 6 N–H and O–H groups in total. The molecule has 7 nitrogen and oxygen atoms in total. The van der Waals surface area contributed by atoms with Crippen molar-refractivity contribution in [3.63, 3.8) is 0 Å². The monoisotopic (exact) mass is 251 g/mol. The van der Waals surface area contributed by atoms with Crippen molar-refractivity contribution >= 4 is 0 Å². The van der Waals surface area contributed by atoms with Crippen LogP contribution in [-0.2, 0) is 0 Å². The number of nitrogens with two attached hydrogens (primary N) is 1. The van der Waals surface area contributed by atoms with Crippen molar-refractivity contribution in [2.75, 3.05) is 46.3 Å². The molecule has 0 aromatic heterocycles. The maximum Gasteiger partial charge on any atom is 0.164 e. The van der Waals surface area contributed by atoms with Gasteiger partial charge in [-0.25, -0.2) is 0 Å². The average molecular weight is 251 g/mol. The van der Waals surface area contributed by atoms with E-state index in [0.29, 0.717) is 19.6 Å². The normalized spacial score (nSPS) is 12.4. The highest BCUT2D eigenvalue weighted by Gasteiger charge is 2.11. The van der Waals surface area contributed by atoms with E-state index in [2.05, 4.69) is 0 Å². The Balaban J connectivity index is 3.91. The lowest BCUT2D eigenvalue weighted by atomic mass is 10.3. The largest absolute Gasteiger partial charge is 0.368 e. The van der Waals surface area contributed by atoms with Gasteiger partial charge in [-0.15, -0.1) is 0 Å². The Labute approximate surface area is 102 Å². The van der Waals surface area contributed by atoms with Gasteiger partial charge in [0.25, 0.3) is 0 Å². The molecule has 0 aromatic rings. The third-order valence-corrected chi connectivity index (χ3v) is 2.43. The molecule has 0 fully saturated rings. The van der Waals surface area contributed by atoms with Gasteiger partial charge in [0.15, 0.2) is 12.6 Å². The SMILES string of the molecule is CN(CCN)CCN(CCC(O)O)CC(O)O. The van der Waals surface area contributed by atoms with Crippen molar-refractivity contribution in [3.8, 4) is 0 Å². The van der Waals surface area contributed by atoms with Gasteiger partial charge in [0.2, 0.25) is 0 Å². The Hall–Kier alpha value is -0.280. The van der Waals surface area contributed by atoms with Crippen molar-refractivity contribution in [2.24, 2.45) is 5.73 Å². The molecule has 0 bridgehead atoms. The van der Waals surface area contributed by atoms with Crippen molar-refractivity contribution in [1.29, 1.82) is 0 Å². The van der Waals surface area contributed by atoms with Gasteiger partial charge < -0.3 is 31.1 Å². The summed E-state index contributed by atoms with van der Waals surface area (Å²) in [5.41, 5.74) is 5.41. The average Bonchev–Trinajstić information content (AvgIpc) is 2.21. The molecule has 17 heavy (non-hydrogen) atoms. The van der Waals surface area contributed by atoms with Gasteiger partial charge in [-0.2, -0.15) is 0 Å². The van der Waals surface area contributed by atoms with E-state index in [1.165, 1.54) is 0 Å². The number of aliphatic hydroxyl groups excluding tert-OH is 2. The fourth-order valence-electron chi connectivity index (χ4n) is 1.47. The van der Waals surface area contributed by atoms with Gasteiger partial charge in [-0.05, 0) is 7.05 Å². The maximum atomic E-state index is 8.91. The number of nitrogens with zero attached hydrogens (tertiary/aromatic N) is 2. The molecule has 0 aliphatic rings. The Bertz CT molecular complexity index is 181. The van der Waals surface area contributed by atoms with Gasteiger partial charge >= 0.3 is 0 Å². The van der Waals surface area contributed by atoms with Crippen molar-refractivity contribution in [1.82, 2.24) is 9.80 Å². The topological polar surface area (TPSA) is 113 Å². The molecule has 0 unspecified atom stereocenters. The summed E-state index contributed by atoms with van der Waals surface area (Å²) in [7, 11) is 1.93. The zero-order valence-electron chi connectivity index (χ0n) is 10.4. The van der Waals surface area contributed by atoms with Crippen LogP contribution in [0, 0.1) is 0 Å². The molecule has 0 aromatic carbocycles. The molecular weight excluding hydrogens is 226 g/mol. The number of hydrogen-bond donors (Lipinski definition) is 5. The summed E-state index contributed by atoms with van der Waals surface area (Å²) in [6.45, 7) is 3.23. The van der Waals surface area contributed by atoms with Crippen LogP contribution >= 0.6 is 0 Å². The molecule has 0 spiro atoms. The molecule has 0 aliphatic heterocycles. The van der Waals surface area contributed by atoms with Gasteiger partial charge in [-0.3, -0.25) is 4.90 Å². The summed E-state index contributed by atoms with van der Waals surface area (Å²) in [4.78, 5) is 3.81. The highest BCUT2D eigenvalue weighted by atomic mass is 16.5. The number of likely N-dealkylation sites (N-methyl/N-ethyl adjacent to an activating group) is 1. The first-order valence-electron chi connectivity index (χ1n) is 5.79. The highest BCUT2D eigenvalue weighted by molar-refractivity contribution is 4.63. The molecular formula is C10H25N3O4. The zero-order chi connectivity index (χ0) is 13.3. The highest BCUT2D eigenvalue weighted by Crippen LogP contribution is 1.97. The van der Waals surface area contributed by atoms with Gasteiger partial charge in [0.1, 0.15) is 0 Å². The molecule has 0 radical (unpaired) electrons. The summed E-state index contributed by atoms with van der Waals surface area (Å²) in [6.07, 6.45) is -2.59. The minimum Gasteiger partial charge on any atom is -0.368 e. The Morgan fingerprint density at radius 1 is 0.941 bits per heavy atom. The van der Waals surface area contributed by atoms with Crippen LogP contribution in [0.5, 0.6) is 0 Å². The minimum atomic E-state index is -1.41. The summed E-state index contributed by atoms with van der Waals surface area (Å²) < 4.78 is 0. The van der Waals surface area contributed by atoms with Gasteiger partial charge in [0, 0.05) is 45.7 Å². The van der Waals surface area contributed by atoms with Crippen LogP contribution < -0.4 is 5.73 Å². The van der Waals surface area contributed by atoms with Crippen LogP contribution in [0.3, 0.4) is 0 Å². The van der Waals surface area contributed by atoms with Crippen LogP contribution in [-0.4, -0.2) is 89.1 Å². The smallest absolute Gasteiger partial charge is 0.164 e. The van der Waals surface area contributed by atoms with E-state index in [0.717, 1.165) is 13.1 Å². The molecule has 0 saturated heterocycles. The quantitative estimate of drug-likeness (QED) is 0.266. The second-order valence-electron chi connectivity index (χ2n) is 4.14. The maximum absolute atomic E-state index is 8.91. The molecule has 0 heterocycles. The van der Waals surface area contributed by atoms with E-state index in [-0.39, 0.29) is 13.0 Å². The molecule has 0 rings (SSSR count). The molecule has 7 heteroatoms. The van der Waals surface area contributed by atoms with Crippen molar-refractivity contribution < 1.29 is 20.4 Å². The summed E-state index contributed by atoms with van der Waals surface area (Å²) in [5, 5.41) is 35.4. The summed E-state index contributed by atoms with van der Waals surface area (Å²) in [6, 6.07) is 0. The first-order valence-corrected chi connectivity index (χ1v) is 5.79.